The molecule has 18 heavy (non-hydrogen) atoms. The first kappa shape index (κ1) is 12.2. The van der Waals surface area contributed by atoms with Crippen molar-refractivity contribution in [2.24, 2.45) is 0 Å². The third kappa shape index (κ3) is 3.13. The van der Waals surface area contributed by atoms with Crippen LogP contribution in [0.4, 0.5) is 4.39 Å². The van der Waals surface area contributed by atoms with Crippen LogP contribution in [0, 0.1) is 5.95 Å². The Balaban J connectivity index is 1.95. The molecule has 0 saturated carbocycles. The Morgan fingerprint density at radius 3 is 3.06 bits per heavy atom. The summed E-state index contributed by atoms with van der Waals surface area (Å²) in [5.74, 6) is -1.05. The van der Waals surface area contributed by atoms with E-state index in [-0.39, 0.29) is 17.6 Å². The lowest BCUT2D eigenvalue weighted by Crippen LogP contribution is -2.36. The Kier molecular flexibility index (Phi) is 3.66. The topological polar surface area (TPSA) is 59.8 Å². The quantitative estimate of drug-likeness (QED) is 0.828. The van der Waals surface area contributed by atoms with Gasteiger partial charge in [0, 0.05) is 25.0 Å². The molecule has 1 N–H and O–H groups in total. The summed E-state index contributed by atoms with van der Waals surface area (Å²) in [5, 5.41) is 2.74. The van der Waals surface area contributed by atoms with Crippen molar-refractivity contribution in [3.63, 3.8) is 0 Å². The molecule has 2 aromatic heterocycles. The molecule has 0 aliphatic rings. The van der Waals surface area contributed by atoms with Crippen molar-refractivity contribution in [2.45, 2.75) is 19.5 Å². The summed E-state index contributed by atoms with van der Waals surface area (Å²) in [5.41, 5.74) is 0.0764. The molecule has 94 valence electrons. The van der Waals surface area contributed by atoms with Crippen molar-refractivity contribution >= 4 is 5.91 Å². The van der Waals surface area contributed by atoms with Crippen LogP contribution < -0.4 is 5.32 Å². The summed E-state index contributed by atoms with van der Waals surface area (Å²) < 4.78 is 14.7. The summed E-state index contributed by atoms with van der Waals surface area (Å²) in [7, 11) is 0. The van der Waals surface area contributed by atoms with E-state index in [4.69, 9.17) is 0 Å². The number of aromatic nitrogens is 3. The lowest BCUT2D eigenvalue weighted by Gasteiger charge is -2.13. The average molecular weight is 248 g/mol. The minimum Gasteiger partial charge on any atom is -0.346 e. The van der Waals surface area contributed by atoms with E-state index in [0.29, 0.717) is 6.54 Å². The van der Waals surface area contributed by atoms with E-state index in [0.717, 1.165) is 0 Å². The van der Waals surface area contributed by atoms with E-state index in [9.17, 15) is 9.18 Å². The van der Waals surface area contributed by atoms with E-state index in [1.54, 1.807) is 12.5 Å². The van der Waals surface area contributed by atoms with Crippen molar-refractivity contribution in [1.82, 2.24) is 19.9 Å². The van der Waals surface area contributed by atoms with E-state index in [1.165, 1.54) is 18.2 Å². The van der Waals surface area contributed by atoms with Crippen molar-refractivity contribution in [2.75, 3.05) is 0 Å². The molecule has 0 spiro atoms. The SMILES string of the molecule is CC(Cn1ccnc1)NC(=O)c1cccc(F)n1. The number of nitrogens with one attached hydrogen (secondary N) is 1. The summed E-state index contributed by atoms with van der Waals surface area (Å²) in [6.07, 6.45) is 5.15. The van der Waals surface area contributed by atoms with Crippen molar-refractivity contribution in [1.29, 1.82) is 0 Å². The van der Waals surface area contributed by atoms with E-state index < -0.39 is 5.95 Å². The maximum atomic E-state index is 12.9. The fourth-order valence-corrected chi connectivity index (χ4v) is 1.59. The van der Waals surface area contributed by atoms with Gasteiger partial charge in [-0.05, 0) is 19.1 Å². The fourth-order valence-electron chi connectivity index (χ4n) is 1.59. The molecule has 1 atom stereocenters. The van der Waals surface area contributed by atoms with Crippen LogP contribution in [0.1, 0.15) is 17.4 Å². The molecule has 0 fully saturated rings. The number of carbonyl (C=O) groups is 1. The van der Waals surface area contributed by atoms with Gasteiger partial charge in [-0.25, -0.2) is 9.97 Å². The standard InChI is InChI=1S/C12H13FN4O/c1-9(7-17-6-5-14-8-17)15-12(18)10-3-2-4-11(13)16-10/h2-6,8-9H,7H2,1H3,(H,15,18). The largest absolute Gasteiger partial charge is 0.346 e. The highest BCUT2D eigenvalue weighted by Gasteiger charge is 2.11. The molecule has 2 heterocycles. The molecule has 1 amide bonds. The molecule has 0 radical (unpaired) electrons. The maximum absolute atomic E-state index is 12.9. The number of rotatable bonds is 4. The molecule has 0 bridgehead atoms. The van der Waals surface area contributed by atoms with E-state index in [1.807, 2.05) is 17.7 Å². The Hall–Kier alpha value is -2.24. The van der Waals surface area contributed by atoms with Gasteiger partial charge in [0.1, 0.15) is 5.69 Å². The number of halogens is 1. The van der Waals surface area contributed by atoms with Crippen LogP contribution >= 0.6 is 0 Å². The van der Waals surface area contributed by atoms with Crippen molar-refractivity contribution in [3.05, 3.63) is 48.6 Å². The second kappa shape index (κ2) is 5.39. The first-order chi connectivity index (χ1) is 8.65. The number of hydrogen-bond acceptors (Lipinski definition) is 3. The zero-order valence-electron chi connectivity index (χ0n) is 9.88. The monoisotopic (exact) mass is 248 g/mol. The lowest BCUT2D eigenvalue weighted by atomic mass is 10.3. The van der Waals surface area contributed by atoms with Gasteiger partial charge in [-0.2, -0.15) is 4.39 Å². The third-order valence-electron chi connectivity index (χ3n) is 2.37. The molecule has 0 aromatic carbocycles. The van der Waals surface area contributed by atoms with Crippen LogP contribution in [0.2, 0.25) is 0 Å². The Morgan fingerprint density at radius 1 is 1.56 bits per heavy atom. The predicted molar refractivity (Wildman–Crippen MR) is 63.4 cm³/mol. The highest BCUT2D eigenvalue weighted by Crippen LogP contribution is 1.99. The third-order valence-corrected chi connectivity index (χ3v) is 2.37. The molecule has 0 saturated heterocycles. The Bertz CT molecular complexity index is 527. The molecular formula is C12H13FN4O. The summed E-state index contributed by atoms with van der Waals surface area (Å²) in [4.78, 5) is 19.2. The fraction of sp³-hybridized carbons (Fsp3) is 0.250. The van der Waals surface area contributed by atoms with Gasteiger partial charge < -0.3 is 9.88 Å². The highest BCUT2D eigenvalue weighted by atomic mass is 19.1. The predicted octanol–water partition coefficient (Wildman–Crippen LogP) is 1.24. The zero-order valence-corrected chi connectivity index (χ0v) is 9.88. The molecule has 2 aromatic rings. The van der Waals surface area contributed by atoms with Crippen LogP contribution in [-0.4, -0.2) is 26.5 Å². The van der Waals surface area contributed by atoms with Crippen LogP contribution in [0.15, 0.2) is 36.9 Å². The van der Waals surface area contributed by atoms with Gasteiger partial charge in [-0.3, -0.25) is 4.79 Å². The van der Waals surface area contributed by atoms with Gasteiger partial charge in [0.15, 0.2) is 0 Å². The maximum Gasteiger partial charge on any atom is 0.270 e. The van der Waals surface area contributed by atoms with Gasteiger partial charge >= 0.3 is 0 Å². The number of imidazole rings is 1. The minimum atomic E-state index is -0.662. The molecule has 2 rings (SSSR count). The number of hydrogen-bond donors (Lipinski definition) is 1. The van der Waals surface area contributed by atoms with Crippen molar-refractivity contribution < 1.29 is 9.18 Å². The van der Waals surface area contributed by atoms with Crippen LogP contribution in [0.3, 0.4) is 0 Å². The smallest absolute Gasteiger partial charge is 0.270 e. The average Bonchev–Trinajstić information content (AvgIpc) is 2.81. The van der Waals surface area contributed by atoms with Crippen LogP contribution in [0.25, 0.3) is 0 Å². The normalized spacial score (nSPS) is 12.1. The molecule has 0 aliphatic heterocycles. The molecule has 5 nitrogen and oxygen atoms in total. The Morgan fingerprint density at radius 2 is 2.39 bits per heavy atom. The van der Waals surface area contributed by atoms with E-state index in [2.05, 4.69) is 15.3 Å². The summed E-state index contributed by atoms with van der Waals surface area (Å²) in [6.45, 7) is 2.46. The Labute approximate surface area is 104 Å². The van der Waals surface area contributed by atoms with Gasteiger partial charge in [-0.1, -0.05) is 6.07 Å². The first-order valence-corrected chi connectivity index (χ1v) is 5.54. The first-order valence-electron chi connectivity index (χ1n) is 5.54. The van der Waals surface area contributed by atoms with Crippen LogP contribution in [0.5, 0.6) is 0 Å². The summed E-state index contributed by atoms with van der Waals surface area (Å²) in [6, 6.07) is 4.03. The van der Waals surface area contributed by atoms with Gasteiger partial charge in [0.05, 0.1) is 6.33 Å². The van der Waals surface area contributed by atoms with E-state index >= 15 is 0 Å². The molecular weight excluding hydrogens is 235 g/mol. The number of carbonyl (C=O) groups excluding carboxylic acids is 1. The number of amides is 1. The lowest BCUT2D eigenvalue weighted by molar-refractivity contribution is 0.0930. The van der Waals surface area contributed by atoms with Crippen LogP contribution in [-0.2, 0) is 6.54 Å². The second-order valence-electron chi connectivity index (χ2n) is 3.98. The molecule has 1 unspecified atom stereocenters. The zero-order chi connectivity index (χ0) is 13.0. The number of pyridine rings is 1. The second-order valence-corrected chi connectivity index (χ2v) is 3.98. The highest BCUT2D eigenvalue weighted by molar-refractivity contribution is 5.92. The summed E-state index contributed by atoms with van der Waals surface area (Å²) >= 11 is 0. The van der Waals surface area contributed by atoms with Gasteiger partial charge in [-0.15, -0.1) is 0 Å². The number of nitrogens with zero attached hydrogens (tertiary/aromatic N) is 3. The van der Waals surface area contributed by atoms with Crippen molar-refractivity contribution in [3.8, 4) is 0 Å². The minimum absolute atomic E-state index is 0.0764. The van der Waals surface area contributed by atoms with Gasteiger partial charge in [0.25, 0.3) is 5.91 Å². The molecule has 6 heteroatoms. The van der Waals surface area contributed by atoms with Gasteiger partial charge in [0.2, 0.25) is 5.95 Å². The molecule has 0 aliphatic carbocycles.